The van der Waals surface area contributed by atoms with E-state index in [1.807, 2.05) is 52.0 Å². The summed E-state index contributed by atoms with van der Waals surface area (Å²) in [5, 5.41) is 57.1. The topological polar surface area (TPSA) is 193 Å². The summed E-state index contributed by atoms with van der Waals surface area (Å²) in [7, 11) is 3.05. The van der Waals surface area contributed by atoms with Gasteiger partial charge in [-0.05, 0) is 113 Å². The fraction of sp³-hybridized carbons (Fsp3) is 0.784. The van der Waals surface area contributed by atoms with Crippen LogP contribution in [-0.4, -0.2) is 130 Å². The third-order valence-electron chi connectivity index (χ3n) is 15.1. The molecule has 2 bridgehead atoms. The monoisotopic (exact) mass is 902 g/mol. The lowest BCUT2D eigenvalue weighted by Crippen LogP contribution is -2.59. The molecule has 364 valence electrons. The number of nitrogens with zero attached hydrogens (tertiary/aromatic N) is 1. The van der Waals surface area contributed by atoms with Gasteiger partial charge in [0.15, 0.2) is 0 Å². The second kappa shape index (κ2) is 23.8. The first kappa shape index (κ1) is 53.9. The number of ketones is 1. The minimum atomic E-state index is -2.37. The smallest absolute Gasteiger partial charge is 0.329 e. The van der Waals surface area contributed by atoms with E-state index in [0.29, 0.717) is 56.9 Å². The van der Waals surface area contributed by atoms with Gasteiger partial charge in [0, 0.05) is 39.0 Å². The van der Waals surface area contributed by atoms with Gasteiger partial charge in [0.1, 0.15) is 24.4 Å². The van der Waals surface area contributed by atoms with Gasteiger partial charge in [-0.2, -0.15) is 0 Å². The summed E-state index contributed by atoms with van der Waals surface area (Å²) in [4.78, 5) is 43.7. The molecule has 1 saturated carbocycles. The van der Waals surface area contributed by atoms with Crippen LogP contribution < -0.4 is 0 Å². The SMILES string of the molecule is CO[C@@H]1C[C@H](C[C@@H](C)[C@@H]2CC(O)[C@H](C)/C=C(\C)[C@H](O)[C@@H](OC)C(O)[C@H](C)C[C@H](C)/C=C/C=C/C=C(\C)C(C)(C)C[C@@H]3CC[C@@H](C)[C@@](O)(O3)C(=O)C(=O)N3CCCC3C(=O)O2)CC[C@H]1O. The number of carbonyl (C=O) groups excluding carboxylic acids is 3. The van der Waals surface area contributed by atoms with Crippen molar-refractivity contribution in [2.45, 2.75) is 194 Å². The highest BCUT2D eigenvalue weighted by molar-refractivity contribution is 6.39. The summed E-state index contributed by atoms with van der Waals surface area (Å²) in [5.41, 5.74) is 1.20. The number of methoxy groups -OCH3 is 2. The molecule has 3 aliphatic heterocycles. The molecule has 3 fully saturated rings. The van der Waals surface area contributed by atoms with E-state index in [2.05, 4.69) is 26.8 Å². The number of hydrogen-bond donors (Lipinski definition) is 5. The number of Topliss-reactive ketones (excluding diaryl/α,β-unsaturated/α-hetero) is 1. The number of amides is 1. The molecule has 64 heavy (non-hydrogen) atoms. The van der Waals surface area contributed by atoms with E-state index >= 15 is 0 Å². The molecule has 0 spiro atoms. The number of esters is 1. The Morgan fingerprint density at radius 2 is 1.58 bits per heavy atom. The molecular weight excluding hydrogens is 819 g/mol. The molecule has 13 heteroatoms. The molecule has 3 unspecified atom stereocenters. The highest BCUT2D eigenvalue weighted by Crippen LogP contribution is 2.41. The summed E-state index contributed by atoms with van der Waals surface area (Å²) in [6, 6.07) is -1.08. The lowest BCUT2D eigenvalue weighted by Gasteiger charge is -2.43. The Morgan fingerprint density at radius 3 is 2.25 bits per heavy atom. The Balaban J connectivity index is 1.68. The van der Waals surface area contributed by atoms with Crippen LogP contribution >= 0.6 is 0 Å². The second-order valence-electron chi connectivity index (χ2n) is 20.7. The standard InChI is InChI=1S/C51H83NO12/c1-30-16-13-12-14-17-35(6)50(8,9)29-38-21-19-36(7)51(60,64-38)47(57)48(58)52-23-15-18-39(52)49(59)63-42(32(3)26-37-20-22-40(53)43(27-37)61-10)28-41(54)31(2)25-34(5)45(56)46(62-11)44(55)33(4)24-30/h12-14,16-17,25,30-33,36-46,53-56,60H,15,18-24,26-29H2,1-11H3/b14-12+,16-13+,34-25+,35-17+/t30-,31-,32-,33-,36-,37+,38+,39?,40-,41?,42+,43-,44?,45+,46+,51-/m1/s1. The van der Waals surface area contributed by atoms with Crippen LogP contribution in [0.25, 0.3) is 0 Å². The van der Waals surface area contributed by atoms with Crippen LogP contribution in [0.5, 0.6) is 0 Å². The van der Waals surface area contributed by atoms with Crippen LogP contribution in [0.4, 0.5) is 0 Å². The van der Waals surface area contributed by atoms with Gasteiger partial charge in [-0.3, -0.25) is 9.59 Å². The van der Waals surface area contributed by atoms with Crippen molar-refractivity contribution >= 4 is 17.7 Å². The average Bonchev–Trinajstić information content (AvgIpc) is 3.74. The van der Waals surface area contributed by atoms with E-state index in [0.717, 1.165) is 12.0 Å². The number of cyclic esters (lactones) is 1. The molecule has 1 aliphatic carbocycles. The van der Waals surface area contributed by atoms with Gasteiger partial charge in [-0.25, -0.2) is 4.79 Å². The number of aliphatic hydroxyl groups excluding tert-OH is 4. The number of hydrogen-bond acceptors (Lipinski definition) is 12. The number of rotatable bonds is 5. The summed E-state index contributed by atoms with van der Waals surface area (Å²) in [6.45, 7) is 17.5. The van der Waals surface area contributed by atoms with Crippen LogP contribution in [0.1, 0.15) is 133 Å². The fourth-order valence-corrected chi connectivity index (χ4v) is 10.4. The molecule has 0 radical (unpaired) electrons. The van der Waals surface area contributed by atoms with Crippen molar-refractivity contribution in [3.05, 3.63) is 47.6 Å². The van der Waals surface area contributed by atoms with Crippen LogP contribution in [0, 0.1) is 40.9 Å². The molecule has 0 aromatic rings. The van der Waals surface area contributed by atoms with E-state index in [-0.39, 0.29) is 54.6 Å². The Kier molecular flexibility index (Phi) is 20.0. The normalized spacial score (nSPS) is 42.6. The zero-order chi connectivity index (χ0) is 47.7. The number of carbonyl (C=O) groups is 3. The Labute approximate surface area is 383 Å². The molecule has 0 aromatic heterocycles. The first-order valence-electron chi connectivity index (χ1n) is 24.0. The zero-order valence-corrected chi connectivity index (χ0v) is 40.7. The van der Waals surface area contributed by atoms with Crippen molar-refractivity contribution in [1.29, 1.82) is 0 Å². The molecule has 5 N–H and O–H groups in total. The number of fused-ring (bicyclic) bond motifs is 3. The molecule has 4 aliphatic rings. The van der Waals surface area contributed by atoms with Crippen LogP contribution in [0.2, 0.25) is 0 Å². The highest BCUT2D eigenvalue weighted by Gasteiger charge is 2.53. The minimum Gasteiger partial charge on any atom is -0.460 e. The first-order valence-corrected chi connectivity index (χ1v) is 24.0. The Bertz CT molecular complexity index is 1670. The molecule has 4 rings (SSSR count). The van der Waals surface area contributed by atoms with E-state index in [4.69, 9.17) is 18.9 Å². The van der Waals surface area contributed by atoms with Crippen LogP contribution in [0.3, 0.4) is 0 Å². The maximum Gasteiger partial charge on any atom is 0.329 e. The van der Waals surface area contributed by atoms with Gasteiger partial charge in [0.25, 0.3) is 11.7 Å². The predicted octanol–water partition coefficient (Wildman–Crippen LogP) is 6.39. The van der Waals surface area contributed by atoms with Gasteiger partial charge in [-0.1, -0.05) is 90.5 Å². The molecular formula is C51H83NO12. The molecule has 2 saturated heterocycles. The minimum absolute atomic E-state index is 0.0437. The average molecular weight is 902 g/mol. The van der Waals surface area contributed by atoms with Gasteiger partial charge >= 0.3 is 5.97 Å². The molecule has 3 heterocycles. The third-order valence-corrected chi connectivity index (χ3v) is 15.1. The van der Waals surface area contributed by atoms with Crippen molar-refractivity contribution in [3.8, 4) is 0 Å². The number of aliphatic hydroxyl groups is 5. The molecule has 1 amide bonds. The van der Waals surface area contributed by atoms with Crippen molar-refractivity contribution < 1.29 is 58.9 Å². The first-order chi connectivity index (χ1) is 30.0. The van der Waals surface area contributed by atoms with E-state index < -0.39 is 84.1 Å². The predicted molar refractivity (Wildman–Crippen MR) is 246 cm³/mol. The van der Waals surface area contributed by atoms with Gasteiger partial charge in [0.05, 0.1) is 30.5 Å². The summed E-state index contributed by atoms with van der Waals surface area (Å²) >= 11 is 0. The van der Waals surface area contributed by atoms with Crippen molar-refractivity contribution in [2.75, 3.05) is 20.8 Å². The maximum atomic E-state index is 14.3. The summed E-state index contributed by atoms with van der Waals surface area (Å²) in [6.07, 6.45) is 11.0. The lowest BCUT2D eigenvalue weighted by molar-refractivity contribution is -0.265. The van der Waals surface area contributed by atoms with E-state index in [1.54, 1.807) is 27.0 Å². The third kappa shape index (κ3) is 13.7. The fourth-order valence-electron chi connectivity index (χ4n) is 10.4. The van der Waals surface area contributed by atoms with Crippen molar-refractivity contribution in [3.63, 3.8) is 0 Å². The van der Waals surface area contributed by atoms with Crippen LogP contribution in [0.15, 0.2) is 47.6 Å². The zero-order valence-electron chi connectivity index (χ0n) is 40.7. The second-order valence-corrected chi connectivity index (χ2v) is 20.7. The van der Waals surface area contributed by atoms with Gasteiger partial charge in [-0.15, -0.1) is 0 Å². The van der Waals surface area contributed by atoms with Gasteiger partial charge < -0.3 is 49.4 Å². The summed E-state index contributed by atoms with van der Waals surface area (Å²) in [5.74, 6) is -6.51. The largest absolute Gasteiger partial charge is 0.460 e. The van der Waals surface area contributed by atoms with E-state index in [9.17, 15) is 39.9 Å². The van der Waals surface area contributed by atoms with Gasteiger partial charge in [0.2, 0.25) is 5.79 Å². The van der Waals surface area contributed by atoms with E-state index in [1.165, 1.54) is 12.0 Å². The molecule has 16 atom stereocenters. The van der Waals surface area contributed by atoms with Crippen molar-refractivity contribution in [2.24, 2.45) is 40.9 Å². The molecule has 0 aromatic carbocycles. The van der Waals surface area contributed by atoms with Crippen molar-refractivity contribution in [1.82, 2.24) is 4.90 Å². The Hall–Kier alpha value is -2.75. The maximum absolute atomic E-state index is 14.3. The van der Waals surface area contributed by atoms with Crippen LogP contribution in [-0.2, 0) is 33.3 Å². The number of allylic oxidation sites excluding steroid dienone is 6. The quantitative estimate of drug-likeness (QED) is 0.116. The Morgan fingerprint density at radius 1 is 0.875 bits per heavy atom. The molecule has 13 nitrogen and oxygen atoms in total. The summed E-state index contributed by atoms with van der Waals surface area (Å²) < 4.78 is 23.8. The lowest BCUT2D eigenvalue weighted by atomic mass is 9.77. The number of ether oxygens (including phenoxy) is 4. The highest BCUT2D eigenvalue weighted by atomic mass is 16.6.